The topological polar surface area (TPSA) is 288 Å². The Morgan fingerprint density at radius 2 is 0.970 bits per heavy atom. The van der Waals surface area contributed by atoms with Gasteiger partial charge in [-0.15, -0.1) is 0 Å². The molecular formula is C47H70N6O13. The van der Waals surface area contributed by atoms with E-state index in [1.54, 1.807) is 13.8 Å². The molecule has 5 atom stereocenters. The van der Waals surface area contributed by atoms with Gasteiger partial charge in [0.1, 0.15) is 54.3 Å². The van der Waals surface area contributed by atoms with Crippen molar-refractivity contribution >= 4 is 53.4 Å². The van der Waals surface area contributed by atoms with Crippen molar-refractivity contribution in [2.45, 2.75) is 198 Å². The van der Waals surface area contributed by atoms with Crippen LogP contribution in [0.25, 0.3) is 0 Å². The number of nitrogens with two attached hydrogens (primary N) is 1. The third-order valence-corrected chi connectivity index (χ3v) is 12.2. The molecule has 4 rings (SSSR count). The van der Waals surface area contributed by atoms with E-state index in [1.165, 1.54) is 24.3 Å². The predicted molar refractivity (Wildman–Crippen MR) is 239 cm³/mol. The quantitative estimate of drug-likeness (QED) is 0.0615. The number of phenols is 1. The summed E-state index contributed by atoms with van der Waals surface area (Å²) in [7, 11) is 0. The Balaban J connectivity index is 1.53. The summed E-state index contributed by atoms with van der Waals surface area (Å²) in [4.78, 5) is 120. The zero-order valence-electron chi connectivity index (χ0n) is 38.6. The lowest BCUT2D eigenvalue weighted by atomic mass is 9.97. The zero-order chi connectivity index (χ0) is 48.2. The van der Waals surface area contributed by atoms with Crippen molar-refractivity contribution in [1.82, 2.24) is 26.6 Å². The largest absolute Gasteiger partial charge is 0.508 e. The van der Waals surface area contributed by atoms with Crippen LogP contribution < -0.4 is 32.3 Å². The van der Waals surface area contributed by atoms with E-state index in [-0.39, 0.29) is 43.3 Å². The summed E-state index contributed by atoms with van der Waals surface area (Å²) in [5.41, 5.74) is 6.20. The lowest BCUT2D eigenvalue weighted by molar-refractivity contribution is -0.153. The number of benzene rings is 1. The van der Waals surface area contributed by atoms with Crippen LogP contribution >= 0.6 is 0 Å². The summed E-state index contributed by atoms with van der Waals surface area (Å²) in [6.45, 7) is 4.38. The van der Waals surface area contributed by atoms with Crippen LogP contribution in [-0.4, -0.2) is 107 Å². The normalized spacial score (nSPS) is 18.2. The van der Waals surface area contributed by atoms with E-state index in [9.17, 15) is 48.3 Å². The van der Waals surface area contributed by atoms with E-state index >= 15 is 0 Å². The first-order valence-electron chi connectivity index (χ1n) is 23.6. The highest BCUT2D eigenvalue weighted by molar-refractivity contribution is 5.98. The molecule has 0 radical (unpaired) electrons. The maximum Gasteiger partial charge on any atom is 0.308 e. The number of hydrogen-bond acceptors (Lipinski definition) is 13. The number of primary amides is 1. The summed E-state index contributed by atoms with van der Waals surface area (Å²) in [6.07, 6.45) is 9.57. The smallest absolute Gasteiger partial charge is 0.308 e. The number of esters is 3. The number of hydrogen-bond donors (Lipinski definition) is 7. The van der Waals surface area contributed by atoms with E-state index in [0.717, 1.165) is 64.7 Å². The molecule has 6 amide bonds. The lowest BCUT2D eigenvalue weighted by Gasteiger charge is -2.29. The van der Waals surface area contributed by atoms with Gasteiger partial charge in [-0.3, -0.25) is 43.2 Å². The van der Waals surface area contributed by atoms with Gasteiger partial charge in [0.25, 0.3) is 0 Å². The molecule has 366 valence electrons. The summed E-state index contributed by atoms with van der Waals surface area (Å²) in [5.74, 6) is -7.96. The fourth-order valence-electron chi connectivity index (χ4n) is 8.48. The van der Waals surface area contributed by atoms with Crippen molar-refractivity contribution in [2.75, 3.05) is 0 Å². The van der Waals surface area contributed by atoms with E-state index in [2.05, 4.69) is 26.6 Å². The van der Waals surface area contributed by atoms with Crippen molar-refractivity contribution < 1.29 is 62.5 Å². The third kappa shape index (κ3) is 18.6. The molecule has 8 N–H and O–H groups in total. The van der Waals surface area contributed by atoms with Crippen molar-refractivity contribution in [3.63, 3.8) is 0 Å². The van der Waals surface area contributed by atoms with Gasteiger partial charge in [-0.25, -0.2) is 0 Å². The molecule has 0 saturated heterocycles. The first-order valence-corrected chi connectivity index (χ1v) is 23.6. The van der Waals surface area contributed by atoms with Crippen LogP contribution in [0.5, 0.6) is 5.75 Å². The molecular weight excluding hydrogens is 857 g/mol. The number of carbonyl (C=O) groups excluding carboxylic acids is 9. The number of phenolic OH excluding ortho intramolecular Hbond substituents is 1. The van der Waals surface area contributed by atoms with Crippen molar-refractivity contribution in [2.24, 2.45) is 11.7 Å². The molecule has 1 aromatic rings. The minimum Gasteiger partial charge on any atom is -0.508 e. The van der Waals surface area contributed by atoms with Crippen LogP contribution in [0.3, 0.4) is 0 Å². The van der Waals surface area contributed by atoms with Gasteiger partial charge in [0.15, 0.2) is 0 Å². The number of aromatic hydroxyl groups is 1. The zero-order valence-corrected chi connectivity index (χ0v) is 38.6. The maximum absolute atomic E-state index is 14.2. The predicted octanol–water partition coefficient (Wildman–Crippen LogP) is 2.71. The Morgan fingerprint density at radius 3 is 1.41 bits per heavy atom. The highest BCUT2D eigenvalue weighted by Crippen LogP contribution is 2.23. The van der Waals surface area contributed by atoms with E-state index in [4.69, 9.17) is 19.9 Å². The molecule has 66 heavy (non-hydrogen) atoms. The molecule has 0 aromatic heterocycles. The summed E-state index contributed by atoms with van der Waals surface area (Å²) in [5, 5.41) is 22.4. The van der Waals surface area contributed by atoms with Crippen molar-refractivity contribution in [1.29, 1.82) is 0 Å². The lowest BCUT2D eigenvalue weighted by Crippen LogP contribution is -2.60. The molecule has 19 nitrogen and oxygen atoms in total. The van der Waals surface area contributed by atoms with Crippen LogP contribution in [0.15, 0.2) is 24.3 Å². The minimum atomic E-state index is -1.61. The van der Waals surface area contributed by atoms with Gasteiger partial charge in [0.2, 0.25) is 35.4 Å². The summed E-state index contributed by atoms with van der Waals surface area (Å²) >= 11 is 0. The maximum atomic E-state index is 14.2. The average molecular weight is 927 g/mol. The molecule has 3 aliphatic rings. The summed E-state index contributed by atoms with van der Waals surface area (Å²) < 4.78 is 16.9. The van der Waals surface area contributed by atoms with Crippen LogP contribution in [0, 0.1) is 5.92 Å². The van der Waals surface area contributed by atoms with Gasteiger partial charge in [0, 0.05) is 19.8 Å². The fraction of sp³-hybridized carbons (Fsp3) is 0.681. The molecule has 0 spiro atoms. The third-order valence-electron chi connectivity index (χ3n) is 12.2. The SMILES string of the molecule is CC(=O)N[C@@H](CC(=O)OC1CCCCC1)C(=O)N[C@@H](CCC(=O)OC1CCCCC1)C(=O)N[C@H](C(=O)N[C@@H](CC(=O)OC1CCCCC1)C(=O)N[C@@H](Cc1ccc(O)cc1)C(N)=O)C(C)C. The first kappa shape index (κ1) is 52.9. The Kier molecular flexibility index (Phi) is 21.6. The van der Waals surface area contributed by atoms with E-state index < -0.39 is 102 Å². The molecule has 0 bridgehead atoms. The molecule has 0 unspecified atom stereocenters. The van der Waals surface area contributed by atoms with Crippen LogP contribution in [0.2, 0.25) is 0 Å². The van der Waals surface area contributed by atoms with E-state index in [0.29, 0.717) is 44.1 Å². The van der Waals surface area contributed by atoms with Crippen LogP contribution in [0.4, 0.5) is 0 Å². The minimum absolute atomic E-state index is 0.0174. The van der Waals surface area contributed by atoms with Gasteiger partial charge >= 0.3 is 17.9 Å². The molecule has 19 heteroatoms. The summed E-state index contributed by atoms with van der Waals surface area (Å²) in [6, 6.07) is -1.35. The Hall–Kier alpha value is -5.75. The second-order valence-electron chi connectivity index (χ2n) is 18.1. The van der Waals surface area contributed by atoms with E-state index in [1.807, 2.05) is 0 Å². The Labute approximate surface area is 386 Å². The monoisotopic (exact) mass is 927 g/mol. The van der Waals surface area contributed by atoms with Crippen LogP contribution in [-0.2, 0) is 63.8 Å². The molecule has 3 saturated carbocycles. The molecule has 3 fully saturated rings. The second-order valence-corrected chi connectivity index (χ2v) is 18.1. The molecule has 3 aliphatic carbocycles. The first-order chi connectivity index (χ1) is 31.5. The Morgan fingerprint density at radius 1 is 0.561 bits per heavy atom. The standard InChI is InChI=1S/C47H70N6O13/c1-28(2)42(47(63)52-38(27-41(58)66-34-17-11-6-12-18-34)46(62)51-36(43(48)59)25-30-19-21-31(55)22-20-30)53-44(60)35(23-24-39(56)64-32-13-7-4-8-14-32)50-45(61)37(49-29(3)54)26-40(57)65-33-15-9-5-10-16-33/h19-22,28,32-38,42,55H,4-18,23-27H2,1-3H3,(H2,48,59)(H,49,54)(H,50,61)(H,51,62)(H,52,63)(H,53,60)/t35-,36-,37-,38-,42-/m0/s1. The second kappa shape index (κ2) is 27.0. The number of nitrogens with one attached hydrogen (secondary N) is 5. The molecule has 0 aliphatic heterocycles. The number of ether oxygens (including phenoxy) is 3. The van der Waals surface area contributed by atoms with Crippen molar-refractivity contribution in [3.05, 3.63) is 29.8 Å². The average Bonchev–Trinajstić information content (AvgIpc) is 3.27. The van der Waals surface area contributed by atoms with Crippen molar-refractivity contribution in [3.8, 4) is 5.75 Å². The highest BCUT2D eigenvalue weighted by Gasteiger charge is 2.36. The van der Waals surface area contributed by atoms with Gasteiger partial charge in [-0.1, -0.05) is 45.2 Å². The number of rotatable bonds is 23. The highest BCUT2D eigenvalue weighted by atomic mass is 16.6. The van der Waals surface area contributed by atoms with Crippen LogP contribution in [0.1, 0.15) is 148 Å². The molecule has 0 heterocycles. The molecule has 1 aromatic carbocycles. The van der Waals surface area contributed by atoms with Gasteiger partial charge in [0.05, 0.1) is 12.8 Å². The fourth-order valence-corrected chi connectivity index (χ4v) is 8.48. The van der Waals surface area contributed by atoms with Gasteiger partial charge < -0.3 is 51.6 Å². The number of carbonyl (C=O) groups is 9. The number of amides is 6. The van der Waals surface area contributed by atoms with Gasteiger partial charge in [-0.05, 0) is 107 Å². The van der Waals surface area contributed by atoms with Gasteiger partial charge in [-0.2, -0.15) is 0 Å². The Bertz CT molecular complexity index is 1820.